The van der Waals surface area contributed by atoms with Crippen molar-refractivity contribution < 1.29 is 19.2 Å². The van der Waals surface area contributed by atoms with Crippen molar-refractivity contribution in [3.8, 4) is 0 Å². The number of hydrogen-bond acceptors (Lipinski definition) is 6. The van der Waals surface area contributed by atoms with Gasteiger partial charge in [-0.1, -0.05) is 25.5 Å². The van der Waals surface area contributed by atoms with Crippen LogP contribution in [0.15, 0.2) is 24.3 Å². The average molecular weight is 337 g/mol. The number of para-hydroxylation sites is 2. The van der Waals surface area contributed by atoms with E-state index < -0.39 is 16.9 Å². The van der Waals surface area contributed by atoms with Gasteiger partial charge in [0.1, 0.15) is 11.7 Å². The number of nitrogens with one attached hydrogen (secondary N) is 2. The molecule has 0 fully saturated rings. The Hall–Kier alpha value is -2.64. The lowest BCUT2D eigenvalue weighted by molar-refractivity contribution is -0.384. The first-order valence-electron chi connectivity index (χ1n) is 7.84. The lowest BCUT2D eigenvalue weighted by atomic mass is 10.1. The summed E-state index contributed by atoms with van der Waals surface area (Å²) in [5.41, 5.74) is 0.414. The van der Waals surface area contributed by atoms with Crippen LogP contribution in [-0.4, -0.2) is 36.5 Å². The zero-order chi connectivity index (χ0) is 17.9. The minimum absolute atomic E-state index is 0.00403. The fourth-order valence-electron chi connectivity index (χ4n) is 2.20. The summed E-state index contributed by atoms with van der Waals surface area (Å²) in [5.74, 6) is -0.702. The maximum Gasteiger partial charge on any atom is 0.328 e. The highest BCUT2D eigenvalue weighted by atomic mass is 16.6. The number of benzene rings is 1. The Kier molecular flexibility index (Phi) is 8.24. The predicted octanol–water partition coefficient (Wildman–Crippen LogP) is 2.24. The van der Waals surface area contributed by atoms with Gasteiger partial charge in [0, 0.05) is 19.0 Å². The Morgan fingerprint density at radius 2 is 2.04 bits per heavy atom. The molecule has 0 spiro atoms. The molecule has 0 aliphatic carbocycles. The van der Waals surface area contributed by atoms with Crippen LogP contribution < -0.4 is 10.6 Å². The van der Waals surface area contributed by atoms with Crippen LogP contribution in [0.5, 0.6) is 0 Å². The maximum absolute atomic E-state index is 11.9. The third kappa shape index (κ3) is 6.23. The van der Waals surface area contributed by atoms with Gasteiger partial charge in [-0.2, -0.15) is 0 Å². The topological polar surface area (TPSA) is 111 Å². The van der Waals surface area contributed by atoms with Gasteiger partial charge in [-0.3, -0.25) is 14.9 Å². The van der Waals surface area contributed by atoms with Gasteiger partial charge in [0.2, 0.25) is 5.91 Å². The van der Waals surface area contributed by atoms with E-state index in [1.807, 2.05) is 6.92 Å². The van der Waals surface area contributed by atoms with Crippen LogP contribution in [-0.2, 0) is 14.3 Å². The lowest BCUT2D eigenvalue weighted by Crippen LogP contribution is -2.41. The number of methoxy groups -OCH3 is 1. The summed E-state index contributed by atoms with van der Waals surface area (Å²) in [6.07, 6.45) is 1.97. The summed E-state index contributed by atoms with van der Waals surface area (Å²) >= 11 is 0. The zero-order valence-electron chi connectivity index (χ0n) is 13.9. The molecule has 0 aromatic heterocycles. The molecule has 0 radical (unpaired) electrons. The van der Waals surface area contributed by atoms with E-state index in [0.717, 1.165) is 6.42 Å². The number of nitrogens with zero attached hydrogens (tertiary/aromatic N) is 1. The van der Waals surface area contributed by atoms with Crippen LogP contribution in [0.25, 0.3) is 0 Å². The van der Waals surface area contributed by atoms with Crippen molar-refractivity contribution in [1.82, 2.24) is 5.32 Å². The number of nitro groups is 1. The fraction of sp³-hybridized carbons (Fsp3) is 0.500. The number of rotatable bonds is 10. The fourth-order valence-corrected chi connectivity index (χ4v) is 2.20. The lowest BCUT2D eigenvalue weighted by Gasteiger charge is -2.15. The number of nitro benzene ring substituents is 1. The number of hydrogen-bond donors (Lipinski definition) is 2. The van der Waals surface area contributed by atoms with E-state index >= 15 is 0 Å². The first-order valence-corrected chi connectivity index (χ1v) is 7.84. The molecular weight excluding hydrogens is 314 g/mol. The molecule has 24 heavy (non-hydrogen) atoms. The Bertz CT molecular complexity index is 577. The van der Waals surface area contributed by atoms with Crippen molar-refractivity contribution in [2.45, 2.75) is 38.6 Å². The quantitative estimate of drug-likeness (QED) is 0.293. The summed E-state index contributed by atoms with van der Waals surface area (Å²) in [7, 11) is 1.29. The maximum atomic E-state index is 11.9. The highest BCUT2D eigenvalue weighted by Crippen LogP contribution is 2.22. The van der Waals surface area contributed by atoms with Gasteiger partial charge in [0.05, 0.1) is 12.0 Å². The van der Waals surface area contributed by atoms with Crippen LogP contribution in [0, 0.1) is 10.1 Å². The highest BCUT2D eigenvalue weighted by Gasteiger charge is 2.20. The molecular formula is C16H23N3O5. The molecule has 0 saturated heterocycles. The summed E-state index contributed by atoms with van der Waals surface area (Å²) < 4.78 is 4.66. The second-order valence-corrected chi connectivity index (χ2v) is 5.24. The monoisotopic (exact) mass is 337 g/mol. The van der Waals surface area contributed by atoms with E-state index in [1.165, 1.54) is 13.2 Å². The molecule has 8 nitrogen and oxygen atoms in total. The second-order valence-electron chi connectivity index (χ2n) is 5.24. The molecule has 132 valence electrons. The van der Waals surface area contributed by atoms with Crippen LogP contribution >= 0.6 is 0 Å². The van der Waals surface area contributed by atoms with Gasteiger partial charge in [0.15, 0.2) is 0 Å². The van der Waals surface area contributed by atoms with Gasteiger partial charge in [-0.15, -0.1) is 0 Å². The van der Waals surface area contributed by atoms with Crippen molar-refractivity contribution in [3.05, 3.63) is 34.4 Å². The van der Waals surface area contributed by atoms with Gasteiger partial charge in [-0.25, -0.2) is 4.79 Å². The molecule has 8 heteroatoms. The molecule has 2 N–H and O–H groups in total. The molecule has 1 amide bonds. The van der Waals surface area contributed by atoms with Gasteiger partial charge >= 0.3 is 5.97 Å². The smallest absolute Gasteiger partial charge is 0.328 e. The first kappa shape index (κ1) is 19.4. The number of carbonyl (C=O) groups excluding carboxylic acids is 2. The van der Waals surface area contributed by atoms with Crippen molar-refractivity contribution in [2.24, 2.45) is 0 Å². The van der Waals surface area contributed by atoms with Crippen LogP contribution in [0.1, 0.15) is 32.6 Å². The molecule has 0 aliphatic rings. The average Bonchev–Trinajstić information content (AvgIpc) is 2.57. The van der Waals surface area contributed by atoms with Gasteiger partial charge < -0.3 is 15.4 Å². The largest absolute Gasteiger partial charge is 0.467 e. The standard InChI is InChI=1S/C16H23N3O5/c1-3-7-13(16(21)24-2)18-15(20)10-6-11-17-12-8-4-5-9-14(12)19(22)23/h4-5,8-9,13,17H,3,6-7,10-11H2,1-2H3,(H,18,20). The molecule has 0 aliphatic heterocycles. The first-order chi connectivity index (χ1) is 11.5. The molecule has 1 rings (SSSR count). The number of amides is 1. The Morgan fingerprint density at radius 3 is 2.67 bits per heavy atom. The predicted molar refractivity (Wildman–Crippen MR) is 89.7 cm³/mol. The number of carbonyl (C=O) groups is 2. The molecule has 1 atom stereocenters. The molecule has 0 saturated carbocycles. The van der Waals surface area contributed by atoms with E-state index in [9.17, 15) is 19.7 Å². The van der Waals surface area contributed by atoms with E-state index in [-0.39, 0.29) is 18.0 Å². The van der Waals surface area contributed by atoms with Gasteiger partial charge in [-0.05, 0) is 18.9 Å². The SMILES string of the molecule is CCCC(NC(=O)CCCNc1ccccc1[N+](=O)[O-])C(=O)OC. The van der Waals surface area contributed by atoms with Crippen molar-refractivity contribution in [1.29, 1.82) is 0 Å². The summed E-state index contributed by atoms with van der Waals surface area (Å²) in [5, 5.41) is 16.5. The van der Waals surface area contributed by atoms with Crippen molar-refractivity contribution in [2.75, 3.05) is 19.0 Å². The number of anilines is 1. The zero-order valence-corrected chi connectivity index (χ0v) is 13.9. The molecule has 0 bridgehead atoms. The molecule has 1 aromatic carbocycles. The number of esters is 1. The summed E-state index contributed by atoms with van der Waals surface area (Å²) in [6, 6.07) is 5.70. The van der Waals surface area contributed by atoms with Crippen molar-refractivity contribution >= 4 is 23.3 Å². The van der Waals surface area contributed by atoms with E-state index in [0.29, 0.717) is 25.1 Å². The molecule has 1 aromatic rings. The minimum Gasteiger partial charge on any atom is -0.467 e. The second kappa shape index (κ2) is 10.2. The summed E-state index contributed by atoms with van der Waals surface area (Å²) in [6.45, 7) is 2.33. The normalized spacial score (nSPS) is 11.4. The Labute approximate surface area is 140 Å². The third-order valence-corrected chi connectivity index (χ3v) is 3.40. The van der Waals surface area contributed by atoms with Crippen molar-refractivity contribution in [3.63, 3.8) is 0 Å². The Morgan fingerprint density at radius 1 is 1.33 bits per heavy atom. The molecule has 1 unspecified atom stereocenters. The minimum atomic E-state index is -0.629. The molecule has 0 heterocycles. The van der Waals surface area contributed by atoms with Crippen LogP contribution in [0.2, 0.25) is 0 Å². The highest BCUT2D eigenvalue weighted by molar-refractivity contribution is 5.84. The van der Waals surface area contributed by atoms with Gasteiger partial charge in [0.25, 0.3) is 5.69 Å². The van der Waals surface area contributed by atoms with E-state index in [1.54, 1.807) is 18.2 Å². The van der Waals surface area contributed by atoms with E-state index in [4.69, 9.17) is 0 Å². The van der Waals surface area contributed by atoms with Crippen LogP contribution in [0.4, 0.5) is 11.4 Å². The van der Waals surface area contributed by atoms with E-state index in [2.05, 4.69) is 15.4 Å². The van der Waals surface area contributed by atoms with Crippen LogP contribution in [0.3, 0.4) is 0 Å². The third-order valence-electron chi connectivity index (χ3n) is 3.40. The Balaban J connectivity index is 2.41. The summed E-state index contributed by atoms with van der Waals surface area (Å²) in [4.78, 5) is 33.9. The number of ether oxygens (including phenoxy) is 1.